The minimum atomic E-state index is -0.289. The van der Waals surface area contributed by atoms with Crippen LogP contribution in [-0.4, -0.2) is 7.05 Å². The van der Waals surface area contributed by atoms with Crippen molar-refractivity contribution in [3.8, 4) is 11.1 Å². The first-order valence-electron chi connectivity index (χ1n) is 5.81. The molecule has 0 saturated carbocycles. The summed E-state index contributed by atoms with van der Waals surface area (Å²) in [5, 5.41) is 2.90. The molecule has 0 spiro atoms. The second-order valence-corrected chi connectivity index (χ2v) is 4.32. The maximum absolute atomic E-state index is 13.8. The molecule has 18 heavy (non-hydrogen) atoms. The van der Waals surface area contributed by atoms with E-state index in [1.54, 1.807) is 31.3 Å². The minimum Gasteiger partial charge on any atom is -0.316 e. The van der Waals surface area contributed by atoms with Gasteiger partial charge in [-0.25, -0.2) is 8.78 Å². The summed E-state index contributed by atoms with van der Waals surface area (Å²) < 4.78 is 27.3. The first-order chi connectivity index (χ1) is 8.61. The standard InChI is InChI=1S/C15H15F2N/c1-10-3-5-15(17)13(7-10)11-4-6-14(16)12(8-11)9-18-2/h3-8,18H,9H2,1-2H3. The van der Waals surface area contributed by atoms with E-state index in [0.29, 0.717) is 23.2 Å². The van der Waals surface area contributed by atoms with E-state index in [9.17, 15) is 8.78 Å². The van der Waals surface area contributed by atoms with Crippen molar-refractivity contribution in [3.63, 3.8) is 0 Å². The van der Waals surface area contributed by atoms with Gasteiger partial charge >= 0.3 is 0 Å². The van der Waals surface area contributed by atoms with E-state index >= 15 is 0 Å². The molecule has 0 unspecified atom stereocenters. The third kappa shape index (κ3) is 2.57. The fraction of sp³-hybridized carbons (Fsp3) is 0.200. The Morgan fingerprint density at radius 3 is 2.44 bits per heavy atom. The Bertz CT molecular complexity index is 564. The molecule has 2 aromatic rings. The van der Waals surface area contributed by atoms with Crippen molar-refractivity contribution < 1.29 is 8.78 Å². The average Bonchev–Trinajstić information content (AvgIpc) is 2.35. The number of hydrogen-bond acceptors (Lipinski definition) is 1. The van der Waals surface area contributed by atoms with Crippen molar-refractivity contribution in [2.24, 2.45) is 0 Å². The molecule has 0 aromatic heterocycles. The van der Waals surface area contributed by atoms with E-state index < -0.39 is 0 Å². The summed E-state index contributed by atoms with van der Waals surface area (Å²) >= 11 is 0. The molecule has 0 fully saturated rings. The molecule has 0 heterocycles. The van der Waals surface area contributed by atoms with Crippen LogP contribution >= 0.6 is 0 Å². The normalized spacial score (nSPS) is 10.7. The zero-order valence-electron chi connectivity index (χ0n) is 10.4. The molecule has 0 saturated heterocycles. The molecular weight excluding hydrogens is 232 g/mol. The van der Waals surface area contributed by atoms with Crippen LogP contribution < -0.4 is 5.32 Å². The van der Waals surface area contributed by atoms with E-state index in [0.717, 1.165) is 5.56 Å². The van der Waals surface area contributed by atoms with Crippen molar-refractivity contribution >= 4 is 0 Å². The highest BCUT2D eigenvalue weighted by Gasteiger charge is 2.08. The van der Waals surface area contributed by atoms with Gasteiger partial charge in [0.25, 0.3) is 0 Å². The summed E-state index contributed by atoms with van der Waals surface area (Å²) in [4.78, 5) is 0. The molecule has 3 heteroatoms. The lowest BCUT2D eigenvalue weighted by Gasteiger charge is -2.08. The third-order valence-electron chi connectivity index (χ3n) is 2.85. The molecular formula is C15H15F2N. The van der Waals surface area contributed by atoms with Gasteiger partial charge in [-0.15, -0.1) is 0 Å². The maximum Gasteiger partial charge on any atom is 0.131 e. The molecule has 0 aliphatic rings. The molecule has 0 amide bonds. The lowest BCUT2D eigenvalue weighted by Crippen LogP contribution is -2.07. The van der Waals surface area contributed by atoms with Crippen molar-refractivity contribution in [3.05, 3.63) is 59.2 Å². The van der Waals surface area contributed by atoms with Crippen molar-refractivity contribution in [2.75, 3.05) is 7.05 Å². The average molecular weight is 247 g/mol. The zero-order chi connectivity index (χ0) is 13.1. The highest BCUT2D eigenvalue weighted by Crippen LogP contribution is 2.25. The van der Waals surface area contributed by atoms with Crippen LogP contribution in [0.5, 0.6) is 0 Å². The van der Waals surface area contributed by atoms with Crippen LogP contribution in [0, 0.1) is 18.6 Å². The van der Waals surface area contributed by atoms with Crippen LogP contribution in [-0.2, 0) is 6.54 Å². The quantitative estimate of drug-likeness (QED) is 0.872. The van der Waals surface area contributed by atoms with Crippen molar-refractivity contribution in [1.82, 2.24) is 5.32 Å². The van der Waals surface area contributed by atoms with E-state index in [4.69, 9.17) is 0 Å². The van der Waals surface area contributed by atoms with Crippen LogP contribution in [0.15, 0.2) is 36.4 Å². The fourth-order valence-corrected chi connectivity index (χ4v) is 1.93. The fourth-order valence-electron chi connectivity index (χ4n) is 1.93. The van der Waals surface area contributed by atoms with Crippen molar-refractivity contribution in [1.29, 1.82) is 0 Å². The second kappa shape index (κ2) is 5.27. The number of benzene rings is 2. The van der Waals surface area contributed by atoms with Crippen LogP contribution in [0.2, 0.25) is 0 Å². The molecule has 0 aliphatic heterocycles. The first kappa shape index (κ1) is 12.7. The first-order valence-corrected chi connectivity index (χ1v) is 5.81. The third-order valence-corrected chi connectivity index (χ3v) is 2.85. The van der Waals surface area contributed by atoms with Crippen LogP contribution in [0.25, 0.3) is 11.1 Å². The van der Waals surface area contributed by atoms with Gasteiger partial charge < -0.3 is 5.32 Å². The zero-order valence-corrected chi connectivity index (χ0v) is 10.4. The molecule has 0 atom stereocenters. The summed E-state index contributed by atoms with van der Waals surface area (Å²) in [5.41, 5.74) is 2.72. The van der Waals surface area contributed by atoms with Gasteiger partial charge in [0.15, 0.2) is 0 Å². The molecule has 2 aromatic carbocycles. The van der Waals surface area contributed by atoms with Gasteiger partial charge in [-0.1, -0.05) is 17.7 Å². The Labute approximate surface area is 105 Å². The molecule has 1 nitrogen and oxygen atoms in total. The smallest absolute Gasteiger partial charge is 0.131 e. The van der Waals surface area contributed by atoms with E-state index in [1.807, 2.05) is 6.92 Å². The number of hydrogen-bond donors (Lipinski definition) is 1. The largest absolute Gasteiger partial charge is 0.316 e. The van der Waals surface area contributed by atoms with Gasteiger partial charge in [-0.3, -0.25) is 0 Å². The molecule has 0 radical (unpaired) electrons. The molecule has 0 aliphatic carbocycles. The second-order valence-electron chi connectivity index (χ2n) is 4.32. The van der Waals surface area contributed by atoms with Crippen LogP contribution in [0.3, 0.4) is 0 Å². The molecule has 2 rings (SSSR count). The van der Waals surface area contributed by atoms with Crippen LogP contribution in [0.1, 0.15) is 11.1 Å². The Morgan fingerprint density at radius 2 is 1.72 bits per heavy atom. The predicted molar refractivity (Wildman–Crippen MR) is 69.3 cm³/mol. The summed E-state index contributed by atoms with van der Waals surface area (Å²) in [5.74, 6) is -0.566. The molecule has 1 N–H and O–H groups in total. The Balaban J connectivity index is 2.50. The van der Waals surface area contributed by atoms with E-state index in [1.165, 1.54) is 12.1 Å². The van der Waals surface area contributed by atoms with Crippen LogP contribution in [0.4, 0.5) is 8.78 Å². The Morgan fingerprint density at radius 1 is 1.00 bits per heavy atom. The van der Waals surface area contributed by atoms with Gasteiger partial charge in [0.1, 0.15) is 11.6 Å². The summed E-state index contributed by atoms with van der Waals surface area (Å²) in [7, 11) is 1.75. The predicted octanol–water partition coefficient (Wildman–Crippen LogP) is 3.66. The SMILES string of the molecule is CNCc1cc(-c2cc(C)ccc2F)ccc1F. The lowest BCUT2D eigenvalue weighted by atomic mass is 10.0. The number of aryl methyl sites for hydroxylation is 1. The van der Waals surface area contributed by atoms with Crippen molar-refractivity contribution in [2.45, 2.75) is 13.5 Å². The minimum absolute atomic E-state index is 0.277. The summed E-state index contributed by atoms with van der Waals surface area (Å²) in [6, 6.07) is 9.59. The molecule has 94 valence electrons. The van der Waals surface area contributed by atoms with E-state index in [2.05, 4.69) is 5.32 Å². The number of rotatable bonds is 3. The Hall–Kier alpha value is -1.74. The van der Waals surface area contributed by atoms with Gasteiger partial charge in [-0.2, -0.15) is 0 Å². The highest BCUT2D eigenvalue weighted by atomic mass is 19.1. The monoisotopic (exact) mass is 247 g/mol. The maximum atomic E-state index is 13.8. The highest BCUT2D eigenvalue weighted by molar-refractivity contribution is 5.65. The number of nitrogens with one attached hydrogen (secondary N) is 1. The van der Waals surface area contributed by atoms with Gasteiger partial charge in [0.05, 0.1) is 0 Å². The van der Waals surface area contributed by atoms with E-state index in [-0.39, 0.29) is 11.6 Å². The van der Waals surface area contributed by atoms with Gasteiger partial charge in [-0.05, 0) is 43.8 Å². The lowest BCUT2D eigenvalue weighted by molar-refractivity contribution is 0.600. The topological polar surface area (TPSA) is 12.0 Å². The number of halogens is 2. The molecule has 0 bridgehead atoms. The van der Waals surface area contributed by atoms with Gasteiger partial charge in [0, 0.05) is 17.7 Å². The summed E-state index contributed by atoms with van der Waals surface area (Å²) in [6.45, 7) is 2.33. The Kier molecular flexibility index (Phi) is 3.72. The summed E-state index contributed by atoms with van der Waals surface area (Å²) in [6.07, 6.45) is 0. The van der Waals surface area contributed by atoms with Gasteiger partial charge in [0.2, 0.25) is 0 Å².